The van der Waals surface area contributed by atoms with Crippen LogP contribution in [0.3, 0.4) is 0 Å². The van der Waals surface area contributed by atoms with Gasteiger partial charge in [0.05, 0.1) is 6.04 Å². The SMILES string of the molecule is CCCCNC(=O)C(C)N(C)C1CCCNCC1. The molecule has 1 amide bonds. The molecule has 2 unspecified atom stereocenters. The summed E-state index contributed by atoms with van der Waals surface area (Å²) in [5.74, 6) is 0.170. The Morgan fingerprint density at radius 1 is 1.44 bits per heavy atom. The molecule has 1 aliphatic heterocycles. The van der Waals surface area contributed by atoms with Crippen LogP contribution in [0.1, 0.15) is 46.0 Å². The number of hydrogen-bond acceptors (Lipinski definition) is 3. The van der Waals surface area contributed by atoms with Crippen LogP contribution in [-0.2, 0) is 4.79 Å². The van der Waals surface area contributed by atoms with Gasteiger partial charge in [-0.15, -0.1) is 0 Å². The highest BCUT2D eigenvalue weighted by molar-refractivity contribution is 5.81. The molecule has 0 aromatic heterocycles. The second-order valence-corrected chi connectivity index (χ2v) is 5.32. The van der Waals surface area contributed by atoms with E-state index in [1.54, 1.807) is 0 Å². The predicted molar refractivity (Wildman–Crippen MR) is 75.7 cm³/mol. The Kier molecular flexibility index (Phi) is 7.28. The first-order valence-corrected chi connectivity index (χ1v) is 7.37. The van der Waals surface area contributed by atoms with Crippen molar-refractivity contribution in [1.29, 1.82) is 0 Å². The molecule has 0 bridgehead atoms. The molecule has 2 N–H and O–H groups in total. The van der Waals surface area contributed by atoms with Crippen molar-refractivity contribution in [1.82, 2.24) is 15.5 Å². The van der Waals surface area contributed by atoms with Gasteiger partial charge < -0.3 is 10.6 Å². The Morgan fingerprint density at radius 3 is 2.94 bits per heavy atom. The number of likely N-dealkylation sites (N-methyl/N-ethyl adjacent to an activating group) is 1. The van der Waals surface area contributed by atoms with Crippen molar-refractivity contribution in [2.75, 3.05) is 26.7 Å². The van der Waals surface area contributed by atoms with Gasteiger partial charge >= 0.3 is 0 Å². The van der Waals surface area contributed by atoms with Crippen LogP contribution in [0.25, 0.3) is 0 Å². The van der Waals surface area contributed by atoms with Crippen molar-refractivity contribution >= 4 is 5.91 Å². The summed E-state index contributed by atoms with van der Waals surface area (Å²) in [6, 6.07) is 0.511. The molecule has 106 valence electrons. The number of carbonyl (C=O) groups excluding carboxylic acids is 1. The van der Waals surface area contributed by atoms with Gasteiger partial charge in [0.15, 0.2) is 0 Å². The summed E-state index contributed by atoms with van der Waals surface area (Å²) in [6.07, 6.45) is 5.73. The van der Waals surface area contributed by atoms with Crippen LogP contribution in [0, 0.1) is 0 Å². The zero-order valence-electron chi connectivity index (χ0n) is 12.2. The standard InChI is InChI=1S/C14H29N3O/c1-4-5-10-16-14(18)12(2)17(3)13-7-6-9-15-11-8-13/h12-13,15H,4-11H2,1-3H3,(H,16,18). The van der Waals surface area contributed by atoms with E-state index in [0.29, 0.717) is 6.04 Å². The predicted octanol–water partition coefficient (Wildman–Crippen LogP) is 1.37. The monoisotopic (exact) mass is 255 g/mol. The molecule has 1 rings (SSSR count). The molecule has 1 saturated heterocycles. The summed E-state index contributed by atoms with van der Waals surface area (Å²) in [6.45, 7) is 7.14. The van der Waals surface area contributed by atoms with E-state index in [0.717, 1.165) is 38.9 Å². The smallest absolute Gasteiger partial charge is 0.237 e. The van der Waals surface area contributed by atoms with E-state index >= 15 is 0 Å². The highest BCUT2D eigenvalue weighted by Crippen LogP contribution is 2.14. The summed E-state index contributed by atoms with van der Waals surface area (Å²) >= 11 is 0. The molecule has 0 saturated carbocycles. The van der Waals surface area contributed by atoms with Crippen LogP contribution in [0.4, 0.5) is 0 Å². The normalized spacial score (nSPS) is 22.6. The van der Waals surface area contributed by atoms with E-state index in [2.05, 4.69) is 29.5 Å². The maximum atomic E-state index is 12.0. The van der Waals surface area contributed by atoms with Gasteiger partial charge in [0.25, 0.3) is 0 Å². The lowest BCUT2D eigenvalue weighted by atomic mass is 10.1. The van der Waals surface area contributed by atoms with Crippen LogP contribution >= 0.6 is 0 Å². The molecule has 4 nitrogen and oxygen atoms in total. The summed E-state index contributed by atoms with van der Waals surface area (Å²) in [5.41, 5.74) is 0. The third kappa shape index (κ3) is 4.94. The fraction of sp³-hybridized carbons (Fsp3) is 0.929. The summed E-state index contributed by atoms with van der Waals surface area (Å²) in [5, 5.41) is 6.44. The van der Waals surface area contributed by atoms with Crippen LogP contribution in [0.5, 0.6) is 0 Å². The van der Waals surface area contributed by atoms with Crippen LogP contribution in [-0.4, -0.2) is 49.6 Å². The Labute approximate surface area is 111 Å². The zero-order valence-corrected chi connectivity index (χ0v) is 12.2. The first-order valence-electron chi connectivity index (χ1n) is 7.37. The molecule has 2 atom stereocenters. The molecule has 1 aliphatic rings. The maximum absolute atomic E-state index is 12.0. The molecule has 4 heteroatoms. The van der Waals surface area contributed by atoms with Crippen molar-refractivity contribution in [2.24, 2.45) is 0 Å². The molecule has 18 heavy (non-hydrogen) atoms. The average Bonchev–Trinajstić information content (AvgIpc) is 2.66. The van der Waals surface area contributed by atoms with Gasteiger partial charge in [-0.25, -0.2) is 0 Å². The lowest BCUT2D eigenvalue weighted by Crippen LogP contribution is -2.48. The lowest BCUT2D eigenvalue weighted by molar-refractivity contribution is -0.126. The first-order chi connectivity index (χ1) is 8.66. The van der Waals surface area contributed by atoms with Crippen molar-refractivity contribution in [2.45, 2.75) is 58.0 Å². The zero-order chi connectivity index (χ0) is 13.4. The molecular formula is C14H29N3O. The number of rotatable bonds is 6. The highest BCUT2D eigenvalue weighted by atomic mass is 16.2. The Bertz CT molecular complexity index is 237. The van der Waals surface area contributed by atoms with Crippen molar-refractivity contribution in [3.63, 3.8) is 0 Å². The molecule has 0 radical (unpaired) electrons. The van der Waals surface area contributed by atoms with Crippen LogP contribution in [0.2, 0.25) is 0 Å². The number of nitrogens with one attached hydrogen (secondary N) is 2. The van der Waals surface area contributed by atoms with Crippen LogP contribution in [0.15, 0.2) is 0 Å². The van der Waals surface area contributed by atoms with E-state index in [-0.39, 0.29) is 11.9 Å². The largest absolute Gasteiger partial charge is 0.355 e. The van der Waals surface area contributed by atoms with Gasteiger partial charge in [-0.2, -0.15) is 0 Å². The van der Waals surface area contributed by atoms with E-state index in [1.807, 2.05) is 6.92 Å². The molecule has 0 spiro atoms. The number of carbonyl (C=O) groups is 1. The van der Waals surface area contributed by atoms with Gasteiger partial charge in [0.1, 0.15) is 0 Å². The molecule has 0 aliphatic carbocycles. The maximum Gasteiger partial charge on any atom is 0.237 e. The quantitative estimate of drug-likeness (QED) is 0.705. The van der Waals surface area contributed by atoms with Gasteiger partial charge in [-0.05, 0) is 52.7 Å². The minimum Gasteiger partial charge on any atom is -0.355 e. The minimum atomic E-state index is -0.0232. The molecule has 1 heterocycles. The highest BCUT2D eigenvalue weighted by Gasteiger charge is 2.24. The van der Waals surface area contributed by atoms with Crippen molar-refractivity contribution in [3.05, 3.63) is 0 Å². The fourth-order valence-electron chi connectivity index (χ4n) is 2.45. The Morgan fingerprint density at radius 2 is 2.22 bits per heavy atom. The molecule has 1 fully saturated rings. The van der Waals surface area contributed by atoms with E-state index in [9.17, 15) is 4.79 Å². The molecular weight excluding hydrogens is 226 g/mol. The van der Waals surface area contributed by atoms with Crippen molar-refractivity contribution in [3.8, 4) is 0 Å². The second-order valence-electron chi connectivity index (χ2n) is 5.32. The second kappa shape index (κ2) is 8.48. The van der Waals surface area contributed by atoms with Crippen molar-refractivity contribution < 1.29 is 4.79 Å². The van der Waals surface area contributed by atoms with Gasteiger partial charge in [0, 0.05) is 12.6 Å². The number of nitrogens with zero attached hydrogens (tertiary/aromatic N) is 1. The van der Waals surface area contributed by atoms with E-state index in [4.69, 9.17) is 0 Å². The third-order valence-electron chi connectivity index (χ3n) is 3.94. The Balaban J connectivity index is 2.38. The minimum absolute atomic E-state index is 0.0232. The number of unbranched alkanes of at least 4 members (excludes halogenated alkanes) is 1. The van der Waals surface area contributed by atoms with Crippen LogP contribution < -0.4 is 10.6 Å². The number of amides is 1. The summed E-state index contributed by atoms with van der Waals surface area (Å²) < 4.78 is 0. The van der Waals surface area contributed by atoms with Gasteiger partial charge in [0.2, 0.25) is 5.91 Å². The molecule has 0 aromatic rings. The van der Waals surface area contributed by atoms with Gasteiger partial charge in [-0.1, -0.05) is 13.3 Å². The average molecular weight is 255 g/mol. The van der Waals surface area contributed by atoms with E-state index in [1.165, 1.54) is 12.8 Å². The lowest BCUT2D eigenvalue weighted by Gasteiger charge is -2.31. The summed E-state index contributed by atoms with van der Waals surface area (Å²) in [4.78, 5) is 14.3. The summed E-state index contributed by atoms with van der Waals surface area (Å²) in [7, 11) is 2.08. The first kappa shape index (κ1) is 15.4. The topological polar surface area (TPSA) is 44.4 Å². The fourth-order valence-corrected chi connectivity index (χ4v) is 2.45. The Hall–Kier alpha value is -0.610. The van der Waals surface area contributed by atoms with E-state index < -0.39 is 0 Å². The third-order valence-corrected chi connectivity index (χ3v) is 3.94. The number of hydrogen-bond donors (Lipinski definition) is 2. The van der Waals surface area contributed by atoms with Gasteiger partial charge in [-0.3, -0.25) is 9.69 Å². The molecule has 0 aromatic carbocycles.